The summed E-state index contributed by atoms with van der Waals surface area (Å²) in [6.45, 7) is 0. The summed E-state index contributed by atoms with van der Waals surface area (Å²) in [6, 6.07) is 8.86. The predicted octanol–water partition coefficient (Wildman–Crippen LogP) is 3.21. The molecule has 3 rings (SSSR count). The second-order valence-corrected chi connectivity index (χ2v) is 6.03. The Morgan fingerprint density at radius 1 is 1.30 bits per heavy atom. The molecule has 4 nitrogen and oxygen atoms in total. The quantitative estimate of drug-likeness (QED) is 0.458. The van der Waals surface area contributed by atoms with Gasteiger partial charge in [0.2, 0.25) is 0 Å². The molecule has 0 saturated heterocycles. The van der Waals surface area contributed by atoms with Gasteiger partial charge in [0.25, 0.3) is 0 Å². The van der Waals surface area contributed by atoms with Crippen molar-refractivity contribution in [3.8, 4) is 24.0 Å². The SMILES string of the molecule is N#CC(C#N)=Cc1cc2cc3c(cc2oc1=O)C#CCCSC3. The average molecular weight is 318 g/mol. The maximum absolute atomic E-state index is 12.0. The molecule has 1 aromatic heterocycles. The number of nitriles is 2. The van der Waals surface area contributed by atoms with E-state index in [0.29, 0.717) is 5.58 Å². The Bertz CT molecular complexity index is 1010. The molecule has 0 unspecified atom stereocenters. The molecule has 5 heteroatoms. The highest BCUT2D eigenvalue weighted by Gasteiger charge is 2.10. The van der Waals surface area contributed by atoms with Crippen LogP contribution >= 0.6 is 11.8 Å². The molecular formula is C18H10N2O2S. The molecule has 23 heavy (non-hydrogen) atoms. The highest BCUT2D eigenvalue weighted by Crippen LogP contribution is 2.25. The molecule has 1 aliphatic heterocycles. The molecule has 1 aromatic carbocycles. The van der Waals surface area contributed by atoms with E-state index in [1.165, 1.54) is 6.08 Å². The minimum absolute atomic E-state index is 0.135. The highest BCUT2D eigenvalue weighted by molar-refractivity contribution is 7.98. The third-order valence-electron chi connectivity index (χ3n) is 3.38. The first-order chi connectivity index (χ1) is 11.2. The summed E-state index contributed by atoms with van der Waals surface area (Å²) in [6.07, 6.45) is 2.09. The third kappa shape index (κ3) is 3.14. The predicted molar refractivity (Wildman–Crippen MR) is 89.3 cm³/mol. The van der Waals surface area contributed by atoms with Gasteiger partial charge in [-0.3, -0.25) is 0 Å². The highest BCUT2D eigenvalue weighted by atomic mass is 32.2. The Hall–Kier alpha value is -2.94. The molecule has 0 aliphatic carbocycles. The summed E-state index contributed by atoms with van der Waals surface area (Å²) in [7, 11) is 0. The molecular weight excluding hydrogens is 308 g/mol. The van der Waals surface area contributed by atoms with Gasteiger partial charge in [-0.25, -0.2) is 4.79 Å². The second kappa shape index (κ2) is 6.44. The smallest absolute Gasteiger partial charge is 0.343 e. The van der Waals surface area contributed by atoms with Gasteiger partial charge in [0.05, 0.1) is 5.56 Å². The fraction of sp³-hybridized carbons (Fsp3) is 0.167. The lowest BCUT2D eigenvalue weighted by Crippen LogP contribution is -2.04. The molecule has 0 fully saturated rings. The zero-order valence-electron chi connectivity index (χ0n) is 12.0. The monoisotopic (exact) mass is 318 g/mol. The van der Waals surface area contributed by atoms with Crippen LogP contribution in [0.5, 0.6) is 0 Å². The van der Waals surface area contributed by atoms with Gasteiger partial charge >= 0.3 is 5.63 Å². The zero-order valence-corrected chi connectivity index (χ0v) is 12.9. The summed E-state index contributed by atoms with van der Waals surface area (Å²) >= 11 is 1.81. The summed E-state index contributed by atoms with van der Waals surface area (Å²) in [5.41, 5.74) is 1.92. The van der Waals surface area contributed by atoms with Crippen molar-refractivity contribution in [1.82, 2.24) is 0 Å². The molecule has 0 radical (unpaired) electrons. The van der Waals surface area contributed by atoms with Gasteiger partial charge in [0.15, 0.2) is 0 Å². The standard InChI is InChI=1S/C18H10N2O2S/c19-9-12(10-20)5-15-6-14-7-16-11-23-4-2-1-3-13(16)8-17(14)22-18(15)21/h5-8H,2,4,11H2. The molecule has 2 aromatic rings. The molecule has 0 saturated carbocycles. The van der Waals surface area contributed by atoms with Crippen LogP contribution in [-0.4, -0.2) is 5.75 Å². The number of hydrogen-bond donors (Lipinski definition) is 0. The van der Waals surface area contributed by atoms with E-state index >= 15 is 0 Å². The lowest BCUT2D eigenvalue weighted by Gasteiger charge is -2.08. The fourth-order valence-electron chi connectivity index (χ4n) is 2.27. The Kier molecular flexibility index (Phi) is 4.20. The van der Waals surface area contributed by atoms with E-state index in [-0.39, 0.29) is 11.1 Å². The van der Waals surface area contributed by atoms with E-state index in [1.54, 1.807) is 24.3 Å². The first-order valence-corrected chi connectivity index (χ1v) is 8.06. The van der Waals surface area contributed by atoms with Gasteiger partial charge in [-0.2, -0.15) is 22.3 Å². The van der Waals surface area contributed by atoms with Gasteiger partial charge in [0, 0.05) is 28.9 Å². The molecule has 0 N–H and O–H groups in total. The van der Waals surface area contributed by atoms with Gasteiger partial charge in [-0.05, 0) is 29.8 Å². The van der Waals surface area contributed by atoms with E-state index in [2.05, 4.69) is 11.8 Å². The van der Waals surface area contributed by atoms with Gasteiger partial charge in [-0.15, -0.1) is 0 Å². The largest absolute Gasteiger partial charge is 0.422 e. The average Bonchev–Trinajstić information content (AvgIpc) is 2.53. The zero-order chi connectivity index (χ0) is 16.2. The van der Waals surface area contributed by atoms with Crippen LogP contribution in [-0.2, 0) is 5.75 Å². The van der Waals surface area contributed by atoms with Crippen LogP contribution < -0.4 is 5.63 Å². The van der Waals surface area contributed by atoms with Gasteiger partial charge < -0.3 is 4.42 Å². The molecule has 0 amide bonds. The maximum atomic E-state index is 12.0. The number of nitrogens with zero attached hydrogens (tertiary/aromatic N) is 2. The van der Waals surface area contributed by atoms with Crippen molar-refractivity contribution >= 4 is 28.8 Å². The van der Waals surface area contributed by atoms with E-state index in [9.17, 15) is 4.79 Å². The van der Waals surface area contributed by atoms with Crippen LogP contribution in [0, 0.1) is 34.5 Å². The van der Waals surface area contributed by atoms with Crippen molar-refractivity contribution in [3.05, 3.63) is 50.9 Å². The van der Waals surface area contributed by atoms with Crippen LogP contribution in [0.2, 0.25) is 0 Å². The van der Waals surface area contributed by atoms with Crippen LogP contribution in [0.15, 0.2) is 33.0 Å². The molecule has 1 aliphatic rings. The molecule has 0 spiro atoms. The normalized spacial score (nSPS) is 12.6. The molecule has 0 bridgehead atoms. The van der Waals surface area contributed by atoms with Gasteiger partial charge in [0.1, 0.15) is 23.3 Å². The Morgan fingerprint density at radius 3 is 2.91 bits per heavy atom. The minimum atomic E-state index is -0.575. The Labute approximate surface area is 137 Å². The van der Waals surface area contributed by atoms with E-state index in [1.807, 2.05) is 17.8 Å². The second-order valence-electron chi connectivity index (χ2n) is 4.92. The van der Waals surface area contributed by atoms with E-state index < -0.39 is 5.63 Å². The van der Waals surface area contributed by atoms with Crippen molar-refractivity contribution < 1.29 is 4.42 Å². The molecule has 110 valence electrons. The van der Waals surface area contributed by atoms with E-state index in [0.717, 1.165) is 34.4 Å². The lowest BCUT2D eigenvalue weighted by molar-refractivity contribution is 0.559. The minimum Gasteiger partial charge on any atom is -0.422 e. The van der Waals surface area contributed by atoms with Crippen LogP contribution in [0.4, 0.5) is 0 Å². The third-order valence-corrected chi connectivity index (χ3v) is 4.39. The number of hydrogen-bond acceptors (Lipinski definition) is 5. The summed E-state index contributed by atoms with van der Waals surface area (Å²) < 4.78 is 5.33. The Morgan fingerprint density at radius 2 is 2.13 bits per heavy atom. The van der Waals surface area contributed by atoms with Gasteiger partial charge in [-0.1, -0.05) is 11.8 Å². The molecule has 2 heterocycles. The molecule has 0 atom stereocenters. The van der Waals surface area contributed by atoms with Crippen molar-refractivity contribution in [1.29, 1.82) is 10.5 Å². The number of fused-ring (bicyclic) bond motifs is 2. The first kappa shape index (κ1) is 15.0. The van der Waals surface area contributed by atoms with Crippen molar-refractivity contribution in [2.45, 2.75) is 12.2 Å². The number of benzene rings is 1. The number of allylic oxidation sites excluding steroid dienone is 1. The number of rotatable bonds is 1. The lowest BCUT2D eigenvalue weighted by atomic mass is 10.0. The van der Waals surface area contributed by atoms with Crippen LogP contribution in [0.25, 0.3) is 17.0 Å². The van der Waals surface area contributed by atoms with Crippen molar-refractivity contribution in [2.24, 2.45) is 0 Å². The van der Waals surface area contributed by atoms with E-state index in [4.69, 9.17) is 14.9 Å². The Balaban J connectivity index is 2.20. The topological polar surface area (TPSA) is 77.8 Å². The number of thioether (sulfide) groups is 1. The maximum Gasteiger partial charge on any atom is 0.343 e. The van der Waals surface area contributed by atoms with Crippen LogP contribution in [0.3, 0.4) is 0 Å². The van der Waals surface area contributed by atoms with Crippen LogP contribution in [0.1, 0.15) is 23.1 Å². The first-order valence-electron chi connectivity index (χ1n) is 6.90. The fourth-order valence-corrected chi connectivity index (χ4v) is 3.12. The summed E-state index contributed by atoms with van der Waals surface area (Å²) in [4.78, 5) is 12.0. The van der Waals surface area contributed by atoms with Crippen molar-refractivity contribution in [3.63, 3.8) is 0 Å². The summed E-state index contributed by atoms with van der Waals surface area (Å²) in [5.74, 6) is 8.07. The summed E-state index contributed by atoms with van der Waals surface area (Å²) in [5, 5.41) is 18.4. The van der Waals surface area contributed by atoms with Crippen molar-refractivity contribution in [2.75, 3.05) is 5.75 Å².